The summed E-state index contributed by atoms with van der Waals surface area (Å²) >= 11 is 0. The minimum Gasteiger partial charge on any atom is -0.489 e. The average Bonchev–Trinajstić information content (AvgIpc) is 2.70. The zero-order valence-corrected chi connectivity index (χ0v) is 19.6. The molecule has 31 heavy (non-hydrogen) atoms. The summed E-state index contributed by atoms with van der Waals surface area (Å²) in [6, 6.07) is 17.9. The normalized spacial score (nSPS) is 11.5. The van der Waals surface area contributed by atoms with Crippen molar-refractivity contribution in [2.75, 3.05) is 13.7 Å². The third kappa shape index (κ3) is 12.5. The van der Waals surface area contributed by atoms with Gasteiger partial charge in [-0.2, -0.15) is 5.26 Å². The van der Waals surface area contributed by atoms with Crippen molar-refractivity contribution >= 4 is 5.97 Å². The van der Waals surface area contributed by atoms with Crippen LogP contribution >= 0.6 is 0 Å². The highest BCUT2D eigenvalue weighted by atomic mass is 16.6. The van der Waals surface area contributed by atoms with E-state index in [0.29, 0.717) is 18.1 Å². The summed E-state index contributed by atoms with van der Waals surface area (Å²) in [5.41, 5.74) is 2.64. The van der Waals surface area contributed by atoms with E-state index in [1.54, 1.807) is 13.2 Å². The van der Waals surface area contributed by atoms with Gasteiger partial charge in [0.05, 0.1) is 11.6 Å². The first-order valence-electron chi connectivity index (χ1n) is 10.5. The van der Waals surface area contributed by atoms with Crippen LogP contribution in [0, 0.1) is 17.2 Å². The van der Waals surface area contributed by atoms with Crippen LogP contribution in [0.4, 0.5) is 0 Å². The Hall–Kier alpha value is -2.84. The van der Waals surface area contributed by atoms with Crippen molar-refractivity contribution in [3.05, 3.63) is 65.2 Å². The first kappa shape index (κ1) is 26.2. The van der Waals surface area contributed by atoms with E-state index in [0.717, 1.165) is 30.8 Å². The van der Waals surface area contributed by atoms with E-state index in [1.807, 2.05) is 51.1 Å². The van der Waals surface area contributed by atoms with Crippen LogP contribution in [-0.4, -0.2) is 25.3 Å². The Morgan fingerprint density at radius 3 is 2.29 bits per heavy atom. The lowest BCUT2D eigenvalue weighted by Gasteiger charge is -2.17. The fourth-order valence-corrected chi connectivity index (χ4v) is 2.87. The molecule has 0 aliphatic rings. The van der Waals surface area contributed by atoms with Crippen molar-refractivity contribution in [2.45, 2.75) is 59.7 Å². The molecule has 0 heterocycles. The van der Waals surface area contributed by atoms with Crippen LogP contribution in [0.2, 0.25) is 0 Å². The summed E-state index contributed by atoms with van der Waals surface area (Å²) < 4.78 is 15.7. The van der Waals surface area contributed by atoms with Crippen LogP contribution in [0.3, 0.4) is 0 Å². The smallest absolute Gasteiger partial charge is 0.303 e. The molecule has 5 heteroatoms. The molecule has 0 bridgehead atoms. The van der Waals surface area contributed by atoms with E-state index in [-0.39, 0.29) is 11.6 Å². The number of ether oxygens (including phenoxy) is 3. The van der Waals surface area contributed by atoms with Crippen molar-refractivity contribution < 1.29 is 19.0 Å². The third-order valence-corrected chi connectivity index (χ3v) is 4.23. The number of rotatable bonds is 8. The van der Waals surface area contributed by atoms with Gasteiger partial charge >= 0.3 is 5.97 Å². The summed E-state index contributed by atoms with van der Waals surface area (Å²) in [4.78, 5) is 10.2. The van der Waals surface area contributed by atoms with Gasteiger partial charge in [-0.25, -0.2) is 0 Å². The highest BCUT2D eigenvalue weighted by molar-refractivity contribution is 5.66. The predicted octanol–water partition coefficient (Wildman–Crippen LogP) is 5.70. The molecule has 0 N–H and O–H groups in total. The lowest BCUT2D eigenvalue weighted by Crippen LogP contribution is -2.21. The number of hydrogen-bond donors (Lipinski definition) is 0. The first-order chi connectivity index (χ1) is 14.6. The maximum Gasteiger partial charge on any atom is 0.303 e. The molecule has 0 amide bonds. The molecule has 2 rings (SSSR count). The number of methoxy groups -OCH3 is 1. The zero-order valence-electron chi connectivity index (χ0n) is 19.6. The van der Waals surface area contributed by atoms with Crippen molar-refractivity contribution in [1.82, 2.24) is 0 Å². The molecule has 0 radical (unpaired) electrons. The first-order valence-corrected chi connectivity index (χ1v) is 10.5. The van der Waals surface area contributed by atoms with Gasteiger partial charge < -0.3 is 14.2 Å². The minimum atomic E-state index is -0.328. The summed E-state index contributed by atoms with van der Waals surface area (Å²) in [5.74, 6) is 1.23. The molecule has 0 aliphatic carbocycles. The molecule has 2 aromatic carbocycles. The van der Waals surface area contributed by atoms with Crippen molar-refractivity contribution in [3.63, 3.8) is 0 Å². The third-order valence-electron chi connectivity index (χ3n) is 4.23. The van der Waals surface area contributed by atoms with Gasteiger partial charge in [0.2, 0.25) is 0 Å². The number of carbonyl (C=O) groups excluding carboxylic acids is 1. The van der Waals surface area contributed by atoms with E-state index in [4.69, 9.17) is 19.5 Å². The second-order valence-electron chi connectivity index (χ2n) is 8.54. The number of benzene rings is 2. The molecule has 0 fully saturated rings. The Morgan fingerprint density at radius 1 is 1.10 bits per heavy atom. The van der Waals surface area contributed by atoms with E-state index in [1.165, 1.54) is 12.5 Å². The standard InChI is InChI=1S/C20H23NO2.C6H12O2/c1-16(10-11-22-2)12-17-6-8-20(9-7-17)23-15-19-5-3-4-18(13-19)14-21;1-5(7)8-6(2,3)4/h3-9,13,16H,10-12,15H2,1-2H3;1-4H3. The van der Waals surface area contributed by atoms with Crippen LogP contribution in [0.25, 0.3) is 0 Å². The Morgan fingerprint density at radius 2 is 1.77 bits per heavy atom. The fraction of sp³-hybridized carbons (Fsp3) is 0.462. The predicted molar refractivity (Wildman–Crippen MR) is 123 cm³/mol. The molecule has 0 saturated heterocycles. The Bertz CT molecular complexity index is 832. The molecule has 1 unspecified atom stereocenters. The van der Waals surface area contributed by atoms with E-state index in [9.17, 15) is 4.79 Å². The number of esters is 1. The maximum atomic E-state index is 10.2. The lowest BCUT2D eigenvalue weighted by molar-refractivity contribution is -0.151. The molecule has 0 spiro atoms. The number of nitrogens with zero attached hydrogens (tertiary/aromatic N) is 1. The molecule has 5 nitrogen and oxygen atoms in total. The maximum absolute atomic E-state index is 10.2. The Labute approximate surface area is 186 Å². The quantitative estimate of drug-likeness (QED) is 0.507. The summed E-state index contributed by atoms with van der Waals surface area (Å²) in [6.45, 7) is 10.5. The molecular weight excluding hydrogens is 390 g/mol. The van der Waals surface area contributed by atoms with E-state index < -0.39 is 0 Å². The number of nitriles is 1. The molecular formula is C26H35NO4. The number of carbonyl (C=O) groups is 1. The van der Waals surface area contributed by atoms with Crippen LogP contribution in [-0.2, 0) is 27.3 Å². The van der Waals surface area contributed by atoms with Gasteiger partial charge in [0.15, 0.2) is 0 Å². The monoisotopic (exact) mass is 425 g/mol. The molecule has 1 atom stereocenters. The van der Waals surface area contributed by atoms with Gasteiger partial charge in [-0.05, 0) is 74.9 Å². The lowest BCUT2D eigenvalue weighted by atomic mass is 9.98. The zero-order chi connectivity index (χ0) is 23.3. The van der Waals surface area contributed by atoms with E-state index in [2.05, 4.69) is 25.1 Å². The minimum absolute atomic E-state index is 0.225. The van der Waals surface area contributed by atoms with Crippen LogP contribution in [0.5, 0.6) is 5.75 Å². The largest absolute Gasteiger partial charge is 0.489 e. The summed E-state index contributed by atoms with van der Waals surface area (Å²) in [6.07, 6.45) is 2.12. The highest BCUT2D eigenvalue weighted by Gasteiger charge is 2.11. The highest BCUT2D eigenvalue weighted by Crippen LogP contribution is 2.18. The van der Waals surface area contributed by atoms with Gasteiger partial charge in [0.25, 0.3) is 0 Å². The van der Waals surface area contributed by atoms with Crippen molar-refractivity contribution in [1.29, 1.82) is 5.26 Å². The summed E-state index contributed by atoms with van der Waals surface area (Å²) in [7, 11) is 1.74. The molecule has 168 valence electrons. The average molecular weight is 426 g/mol. The second-order valence-corrected chi connectivity index (χ2v) is 8.54. The molecule has 0 aliphatic heterocycles. The van der Waals surface area contributed by atoms with E-state index >= 15 is 0 Å². The van der Waals surface area contributed by atoms with Gasteiger partial charge in [-0.3, -0.25) is 4.79 Å². The van der Waals surface area contributed by atoms with Gasteiger partial charge in [-0.15, -0.1) is 0 Å². The molecule has 0 aromatic heterocycles. The summed E-state index contributed by atoms with van der Waals surface area (Å²) in [5, 5.41) is 8.91. The van der Waals surface area contributed by atoms with Crippen molar-refractivity contribution in [2.24, 2.45) is 5.92 Å². The number of hydrogen-bond acceptors (Lipinski definition) is 5. The van der Waals surface area contributed by atoms with Gasteiger partial charge in [-0.1, -0.05) is 31.2 Å². The second kappa shape index (κ2) is 13.5. The Kier molecular flexibility index (Phi) is 11.4. The Balaban J connectivity index is 0.000000512. The fourth-order valence-electron chi connectivity index (χ4n) is 2.87. The molecule has 2 aromatic rings. The van der Waals surface area contributed by atoms with Crippen molar-refractivity contribution in [3.8, 4) is 11.8 Å². The van der Waals surface area contributed by atoms with Crippen LogP contribution < -0.4 is 4.74 Å². The van der Waals surface area contributed by atoms with Gasteiger partial charge in [0, 0.05) is 20.6 Å². The SMILES string of the molecule is CC(=O)OC(C)(C)C.COCCC(C)Cc1ccc(OCc2cccc(C#N)c2)cc1. The van der Waals surface area contributed by atoms with Gasteiger partial charge in [0.1, 0.15) is 18.0 Å². The topological polar surface area (TPSA) is 68.6 Å². The molecule has 0 saturated carbocycles. The van der Waals surface area contributed by atoms with Crippen LogP contribution in [0.1, 0.15) is 57.7 Å². The van der Waals surface area contributed by atoms with Crippen LogP contribution in [0.15, 0.2) is 48.5 Å².